The van der Waals surface area contributed by atoms with Crippen molar-refractivity contribution in [2.75, 3.05) is 26.2 Å². The molecule has 0 saturated heterocycles. The predicted molar refractivity (Wildman–Crippen MR) is 235 cm³/mol. The summed E-state index contributed by atoms with van der Waals surface area (Å²) in [6.07, 6.45) is 45.9. The Morgan fingerprint density at radius 2 is 0.393 bits per heavy atom. The third kappa shape index (κ3) is 26.0. The Kier molecular flexibility index (Phi) is 38.1. The van der Waals surface area contributed by atoms with E-state index in [1.807, 2.05) is 0 Å². The second kappa shape index (κ2) is 38.1. The first-order chi connectivity index (χ1) is 28.0. The first kappa shape index (κ1) is 61.0. The molecular formula is C49H88Fe4N4O4. The molecule has 8 fully saturated rings. The van der Waals surface area contributed by atoms with Crippen LogP contribution in [0.25, 0.3) is 0 Å². The van der Waals surface area contributed by atoms with Gasteiger partial charge in [-0.15, -0.1) is 0 Å². The van der Waals surface area contributed by atoms with Crippen LogP contribution in [0.5, 0.6) is 0 Å². The quantitative estimate of drug-likeness (QED) is 0.146. The van der Waals surface area contributed by atoms with Gasteiger partial charge in [0.1, 0.15) is 0 Å². The van der Waals surface area contributed by atoms with Gasteiger partial charge in [0.15, 0.2) is 0 Å². The summed E-state index contributed by atoms with van der Waals surface area (Å²) in [7, 11) is 0. The number of rotatable bonds is 12. The van der Waals surface area contributed by atoms with Crippen LogP contribution in [-0.2, 0) is 87.5 Å². The van der Waals surface area contributed by atoms with Gasteiger partial charge in [0.05, 0.1) is 0 Å². The topological polar surface area (TPSA) is 116 Å². The van der Waals surface area contributed by atoms with E-state index in [4.69, 9.17) is 0 Å². The average molecular weight is 1020 g/mol. The number of carbonyl (C=O) groups excluding carboxylic acids is 4. The van der Waals surface area contributed by atoms with Crippen molar-refractivity contribution >= 4 is 23.6 Å². The van der Waals surface area contributed by atoms with Gasteiger partial charge in [-0.3, -0.25) is 19.2 Å². The molecule has 0 aromatic rings. The first-order valence-electron chi connectivity index (χ1n) is 25.1. The summed E-state index contributed by atoms with van der Waals surface area (Å²) in [5.74, 6) is 0.334. The second-order valence-corrected chi connectivity index (χ2v) is 19.4. The number of carbonyl (C=O) groups is 4. The summed E-state index contributed by atoms with van der Waals surface area (Å²) in [5, 5.41) is 12.6. The minimum Gasteiger partial charge on any atom is -0.355 e. The molecule has 8 aliphatic rings. The van der Waals surface area contributed by atoms with Crippen LogP contribution in [0.3, 0.4) is 0 Å². The standard InChI is InChI=1S/C29H48N4O4.4C5H10.4Fe/c34-25(21-9-1-2-10-21)30-17-29(18-31-26(35)22-11-3-4-12-22,19-32-27(36)23-13-5-6-14-23)20-33-28(37)24-15-7-8-16-24;4*1-2-4-5-3-1;;;;/h21-24H,1-20H2,(H,30,34)(H,31,35)(H,32,36)(H,33,37);4*1-5H2;;;;. The maximum Gasteiger partial charge on any atom is 0.223 e. The number of nitrogens with one attached hydrogen (secondary N) is 4. The van der Waals surface area contributed by atoms with Crippen LogP contribution in [0.1, 0.15) is 231 Å². The molecule has 8 aliphatic carbocycles. The third-order valence-electron chi connectivity index (χ3n) is 14.5. The maximum atomic E-state index is 13.0. The van der Waals surface area contributed by atoms with E-state index in [-0.39, 0.29) is 116 Å². The van der Waals surface area contributed by atoms with Crippen LogP contribution in [0.4, 0.5) is 0 Å². The summed E-state index contributed by atoms with van der Waals surface area (Å²) in [6.45, 7) is 1.23. The van der Waals surface area contributed by atoms with Crippen molar-refractivity contribution in [1.82, 2.24) is 21.3 Å². The van der Waals surface area contributed by atoms with Gasteiger partial charge in [-0.1, -0.05) is 180 Å². The Hall–Kier alpha value is -0.0421. The smallest absolute Gasteiger partial charge is 0.223 e. The molecule has 8 rings (SSSR count). The molecule has 4 N–H and O–H groups in total. The van der Waals surface area contributed by atoms with Crippen LogP contribution in [0.2, 0.25) is 0 Å². The second-order valence-electron chi connectivity index (χ2n) is 19.4. The van der Waals surface area contributed by atoms with Gasteiger partial charge in [0, 0.05) is 124 Å². The van der Waals surface area contributed by atoms with Gasteiger partial charge in [-0.05, 0) is 51.4 Å². The zero-order valence-corrected chi connectivity index (χ0v) is 42.6. The van der Waals surface area contributed by atoms with E-state index < -0.39 is 5.41 Å². The fourth-order valence-corrected chi connectivity index (χ4v) is 10.3. The zero-order valence-electron chi connectivity index (χ0n) is 38.1. The molecule has 0 radical (unpaired) electrons. The Bertz CT molecular complexity index is 906. The fraction of sp³-hybridized carbons (Fsp3) is 0.918. The normalized spacial score (nSPS) is 21.1. The summed E-state index contributed by atoms with van der Waals surface area (Å²) in [4.78, 5) is 51.8. The van der Waals surface area contributed by atoms with Gasteiger partial charge in [-0.25, -0.2) is 0 Å². The fourth-order valence-electron chi connectivity index (χ4n) is 10.3. The number of amides is 4. The van der Waals surface area contributed by atoms with Crippen molar-refractivity contribution in [1.29, 1.82) is 0 Å². The summed E-state index contributed by atoms with van der Waals surface area (Å²) in [5.41, 5.74) is -0.689. The minimum absolute atomic E-state index is 0. The molecule has 0 unspecified atom stereocenters. The molecule has 0 aromatic heterocycles. The molecule has 0 bridgehead atoms. The molecule has 0 aliphatic heterocycles. The molecule has 61 heavy (non-hydrogen) atoms. The Morgan fingerprint density at radius 1 is 0.262 bits per heavy atom. The third-order valence-corrected chi connectivity index (χ3v) is 14.5. The Labute approximate surface area is 415 Å². The van der Waals surface area contributed by atoms with Gasteiger partial charge in [-0.2, -0.15) is 0 Å². The van der Waals surface area contributed by atoms with Crippen LogP contribution >= 0.6 is 0 Å². The van der Waals surface area contributed by atoms with Crippen molar-refractivity contribution in [3.05, 3.63) is 0 Å². The number of hydrogen-bond donors (Lipinski definition) is 4. The SMILES string of the molecule is C1CCCC1.C1CCCC1.C1CCCC1.C1CCCC1.O=C(NCC(CNC(=O)C1CCCC1)(CNC(=O)C1CCCC1)CNC(=O)C1CCCC1)C1CCCC1.[Fe].[Fe].[Fe].[Fe]. The van der Waals surface area contributed by atoms with Crippen LogP contribution in [-0.4, -0.2) is 49.8 Å². The molecule has 8 nitrogen and oxygen atoms in total. The Morgan fingerprint density at radius 3 is 0.525 bits per heavy atom. The van der Waals surface area contributed by atoms with Crippen LogP contribution < -0.4 is 21.3 Å². The molecule has 4 amide bonds. The van der Waals surface area contributed by atoms with Crippen molar-refractivity contribution in [3.8, 4) is 0 Å². The largest absolute Gasteiger partial charge is 0.355 e. The van der Waals surface area contributed by atoms with E-state index >= 15 is 0 Å². The maximum absolute atomic E-state index is 13.0. The molecule has 0 atom stereocenters. The van der Waals surface area contributed by atoms with E-state index in [1.165, 1.54) is 128 Å². The van der Waals surface area contributed by atoms with Crippen LogP contribution in [0, 0.1) is 29.1 Å². The van der Waals surface area contributed by atoms with E-state index in [0.29, 0.717) is 26.2 Å². The Balaban J connectivity index is 0.00000121. The summed E-state index contributed by atoms with van der Waals surface area (Å²) >= 11 is 0. The van der Waals surface area contributed by atoms with Gasteiger partial charge in [0.25, 0.3) is 0 Å². The zero-order chi connectivity index (χ0) is 40.2. The molecule has 0 aromatic carbocycles. The van der Waals surface area contributed by atoms with Crippen molar-refractivity contribution in [2.24, 2.45) is 29.1 Å². The molecular weight excluding hydrogens is 932 g/mol. The van der Waals surface area contributed by atoms with E-state index in [0.717, 1.165) is 103 Å². The summed E-state index contributed by atoms with van der Waals surface area (Å²) < 4.78 is 0. The van der Waals surface area contributed by atoms with Gasteiger partial charge in [0.2, 0.25) is 23.6 Å². The van der Waals surface area contributed by atoms with Gasteiger partial charge < -0.3 is 21.3 Å². The van der Waals surface area contributed by atoms with Crippen LogP contribution in [0.15, 0.2) is 0 Å². The summed E-state index contributed by atoms with van der Waals surface area (Å²) in [6, 6.07) is 0. The van der Waals surface area contributed by atoms with Crippen molar-refractivity contribution in [3.63, 3.8) is 0 Å². The molecule has 360 valence electrons. The molecule has 0 spiro atoms. The van der Waals surface area contributed by atoms with E-state index in [1.54, 1.807) is 0 Å². The van der Waals surface area contributed by atoms with E-state index in [2.05, 4.69) is 21.3 Å². The molecule has 0 heterocycles. The molecule has 8 saturated carbocycles. The predicted octanol–water partition coefficient (Wildman–Crippen LogP) is 11.0. The minimum atomic E-state index is -0.689. The van der Waals surface area contributed by atoms with Gasteiger partial charge >= 0.3 is 0 Å². The van der Waals surface area contributed by atoms with E-state index in [9.17, 15) is 19.2 Å². The van der Waals surface area contributed by atoms with Crippen molar-refractivity contribution in [2.45, 2.75) is 231 Å². The monoisotopic (exact) mass is 1020 g/mol. The first-order valence-corrected chi connectivity index (χ1v) is 25.1. The van der Waals surface area contributed by atoms with Crippen molar-refractivity contribution < 1.29 is 87.5 Å². The average Bonchev–Trinajstić information content (AvgIpc) is 4.10. The molecule has 12 heteroatoms. The number of hydrogen-bond acceptors (Lipinski definition) is 4.